The van der Waals surface area contributed by atoms with Crippen molar-refractivity contribution in [1.82, 2.24) is 4.98 Å². The highest BCUT2D eigenvalue weighted by molar-refractivity contribution is 7.94. The molecule has 148 valence electrons. The van der Waals surface area contributed by atoms with Crippen molar-refractivity contribution in [1.29, 1.82) is 0 Å². The van der Waals surface area contributed by atoms with Crippen LogP contribution in [0, 0.1) is 0 Å². The van der Waals surface area contributed by atoms with Crippen LogP contribution in [-0.2, 0) is 19.7 Å². The van der Waals surface area contributed by atoms with Crippen LogP contribution >= 0.6 is 22.9 Å². The lowest BCUT2D eigenvalue weighted by molar-refractivity contribution is 0.589. The molecule has 3 aromatic rings. The molecule has 0 radical (unpaired) electrons. The first-order valence-corrected chi connectivity index (χ1v) is 12.4. The molecule has 0 saturated carbocycles. The lowest BCUT2D eigenvalue weighted by atomic mass is 10.4. The first kappa shape index (κ1) is 20.8. The van der Waals surface area contributed by atoms with Gasteiger partial charge in [0.2, 0.25) is 24.0 Å². The summed E-state index contributed by atoms with van der Waals surface area (Å²) < 4.78 is 51.7. The zero-order valence-electron chi connectivity index (χ0n) is 15.0. The Morgan fingerprint density at radius 2 is 1.46 bits per heavy atom. The Bertz CT molecular complexity index is 1190. The van der Waals surface area contributed by atoms with Crippen molar-refractivity contribution in [2.24, 2.45) is 0 Å². The van der Waals surface area contributed by atoms with Gasteiger partial charge >= 0.3 is 0 Å². The molecule has 2 aromatic carbocycles. The fourth-order valence-corrected chi connectivity index (χ4v) is 6.94. The summed E-state index contributed by atoms with van der Waals surface area (Å²) in [5, 5.41) is 3.25. The third kappa shape index (κ3) is 4.07. The third-order valence-electron chi connectivity index (χ3n) is 3.66. The summed E-state index contributed by atoms with van der Waals surface area (Å²) in [6.45, 7) is 3.65. The predicted octanol–water partition coefficient (Wildman–Crippen LogP) is 4.28. The van der Waals surface area contributed by atoms with Gasteiger partial charge in [-0.3, -0.25) is 0 Å². The van der Waals surface area contributed by atoms with Gasteiger partial charge in [-0.2, -0.15) is 0 Å². The highest BCUT2D eigenvalue weighted by atomic mass is 35.5. The minimum atomic E-state index is -4.04. The molecule has 28 heavy (non-hydrogen) atoms. The van der Waals surface area contributed by atoms with Gasteiger partial charge < -0.3 is 5.32 Å². The number of hydrogen-bond acceptors (Lipinski definition) is 7. The first-order chi connectivity index (χ1) is 13.1. The zero-order valence-corrected chi connectivity index (χ0v) is 18.2. The summed E-state index contributed by atoms with van der Waals surface area (Å²) in [6.07, 6.45) is 0. The average molecular weight is 457 g/mol. The van der Waals surface area contributed by atoms with Gasteiger partial charge in [-0.1, -0.05) is 41.1 Å². The van der Waals surface area contributed by atoms with Crippen LogP contribution in [0.25, 0.3) is 0 Å². The Balaban J connectivity index is 2.17. The SMILES string of the molecule is CC(C)Nc1sc(S(=O)(=O)c2ccccc2)nc1S(=O)(=O)c1ccc(Cl)cc1. The molecule has 0 aliphatic rings. The lowest BCUT2D eigenvalue weighted by Gasteiger charge is -2.09. The van der Waals surface area contributed by atoms with Gasteiger partial charge in [0.1, 0.15) is 5.00 Å². The largest absolute Gasteiger partial charge is 0.372 e. The minimum Gasteiger partial charge on any atom is -0.372 e. The lowest BCUT2D eigenvalue weighted by Crippen LogP contribution is -2.12. The van der Waals surface area contributed by atoms with Gasteiger partial charge in [-0.25, -0.2) is 21.8 Å². The van der Waals surface area contributed by atoms with E-state index < -0.39 is 19.7 Å². The van der Waals surface area contributed by atoms with Crippen LogP contribution in [-0.4, -0.2) is 27.9 Å². The van der Waals surface area contributed by atoms with E-state index in [0.717, 1.165) is 11.3 Å². The second-order valence-corrected chi connectivity index (χ2v) is 11.6. The van der Waals surface area contributed by atoms with Crippen LogP contribution in [0.5, 0.6) is 0 Å². The maximum absolute atomic E-state index is 13.1. The second kappa shape index (κ2) is 7.82. The number of nitrogens with zero attached hydrogens (tertiary/aromatic N) is 1. The molecule has 0 spiro atoms. The van der Waals surface area contributed by atoms with Gasteiger partial charge in [-0.15, -0.1) is 0 Å². The third-order valence-corrected chi connectivity index (χ3v) is 8.87. The Kier molecular flexibility index (Phi) is 5.81. The number of anilines is 1. The van der Waals surface area contributed by atoms with E-state index in [1.54, 1.807) is 18.2 Å². The normalized spacial score (nSPS) is 12.3. The number of thiazole rings is 1. The molecular weight excluding hydrogens is 440 g/mol. The molecule has 0 fully saturated rings. The van der Waals surface area contributed by atoms with Gasteiger partial charge in [0.05, 0.1) is 9.79 Å². The molecule has 0 aliphatic heterocycles. The Hall–Kier alpha value is -1.94. The summed E-state index contributed by atoms with van der Waals surface area (Å²) in [4.78, 5) is 4.06. The van der Waals surface area contributed by atoms with E-state index in [2.05, 4.69) is 10.3 Å². The van der Waals surface area contributed by atoms with Gasteiger partial charge in [0.25, 0.3) is 0 Å². The molecule has 0 saturated heterocycles. The number of rotatable bonds is 6. The van der Waals surface area contributed by atoms with Crippen LogP contribution in [0.15, 0.2) is 73.8 Å². The number of hydrogen-bond donors (Lipinski definition) is 1. The molecule has 3 rings (SSSR count). The molecule has 1 aromatic heterocycles. The summed E-state index contributed by atoms with van der Waals surface area (Å²) in [7, 11) is -7.98. The zero-order chi connectivity index (χ0) is 20.5. The molecule has 6 nitrogen and oxygen atoms in total. The summed E-state index contributed by atoms with van der Waals surface area (Å²) in [5.74, 6) is 0. The van der Waals surface area contributed by atoms with Crippen molar-refractivity contribution in [3.8, 4) is 0 Å². The number of benzene rings is 2. The van der Waals surface area contributed by atoms with E-state index >= 15 is 0 Å². The Morgan fingerprint density at radius 1 is 0.893 bits per heavy atom. The van der Waals surface area contributed by atoms with E-state index in [1.165, 1.54) is 36.4 Å². The fourth-order valence-electron chi connectivity index (χ4n) is 2.36. The maximum Gasteiger partial charge on any atom is 0.233 e. The molecule has 1 N–H and O–H groups in total. The summed E-state index contributed by atoms with van der Waals surface area (Å²) in [6, 6.07) is 13.3. The monoisotopic (exact) mass is 456 g/mol. The van der Waals surface area contributed by atoms with E-state index in [0.29, 0.717) is 5.02 Å². The highest BCUT2D eigenvalue weighted by Gasteiger charge is 2.31. The molecular formula is C18H17ClN2O4S3. The van der Waals surface area contributed by atoms with Crippen molar-refractivity contribution < 1.29 is 16.8 Å². The number of sulfone groups is 2. The molecule has 0 amide bonds. The minimum absolute atomic E-state index is 0.0161. The summed E-state index contributed by atoms with van der Waals surface area (Å²) in [5.41, 5.74) is 0. The smallest absolute Gasteiger partial charge is 0.233 e. The van der Waals surface area contributed by atoms with Gasteiger partial charge in [-0.05, 0) is 50.2 Å². The molecule has 0 bridgehead atoms. The van der Waals surface area contributed by atoms with Crippen LogP contribution in [0.2, 0.25) is 5.02 Å². The van der Waals surface area contributed by atoms with Crippen molar-refractivity contribution >= 4 is 47.6 Å². The van der Waals surface area contributed by atoms with E-state index in [-0.39, 0.29) is 30.2 Å². The molecule has 0 atom stereocenters. The highest BCUT2D eigenvalue weighted by Crippen LogP contribution is 2.37. The van der Waals surface area contributed by atoms with Crippen LogP contribution in [0.3, 0.4) is 0 Å². The van der Waals surface area contributed by atoms with Crippen LogP contribution in [0.4, 0.5) is 5.00 Å². The van der Waals surface area contributed by atoms with Crippen molar-refractivity contribution in [2.75, 3.05) is 5.32 Å². The number of halogens is 1. The fraction of sp³-hybridized carbons (Fsp3) is 0.167. The van der Waals surface area contributed by atoms with Crippen molar-refractivity contribution in [2.45, 2.75) is 39.0 Å². The van der Waals surface area contributed by atoms with Crippen LogP contribution in [0.1, 0.15) is 13.8 Å². The maximum atomic E-state index is 13.1. The predicted molar refractivity (Wildman–Crippen MR) is 110 cm³/mol. The standard InChI is InChI=1S/C18H17ClN2O4S3/c1-12(2)20-16-17(27(22,23)15-10-8-13(19)9-11-15)21-18(26-16)28(24,25)14-6-4-3-5-7-14/h3-12,20H,1-2H3. The first-order valence-electron chi connectivity index (χ1n) is 8.20. The van der Waals surface area contributed by atoms with Crippen LogP contribution < -0.4 is 5.32 Å². The average Bonchev–Trinajstić information content (AvgIpc) is 3.07. The molecule has 1 heterocycles. The topological polar surface area (TPSA) is 93.2 Å². The Labute approximate surface area is 173 Å². The Morgan fingerprint density at radius 3 is 2.04 bits per heavy atom. The van der Waals surface area contributed by atoms with E-state index in [1.807, 2.05) is 13.8 Å². The van der Waals surface area contributed by atoms with Crippen molar-refractivity contribution in [3.05, 3.63) is 59.6 Å². The summed E-state index contributed by atoms with van der Waals surface area (Å²) >= 11 is 6.64. The van der Waals surface area contributed by atoms with E-state index in [4.69, 9.17) is 11.6 Å². The molecule has 10 heteroatoms. The number of nitrogens with one attached hydrogen (secondary N) is 1. The molecule has 0 unspecified atom stereocenters. The van der Waals surface area contributed by atoms with Gasteiger partial charge in [0, 0.05) is 11.1 Å². The molecule has 0 aliphatic carbocycles. The second-order valence-electron chi connectivity index (χ2n) is 6.19. The van der Waals surface area contributed by atoms with E-state index in [9.17, 15) is 16.8 Å². The number of aromatic nitrogens is 1. The van der Waals surface area contributed by atoms with Gasteiger partial charge in [0.15, 0.2) is 5.03 Å². The quantitative estimate of drug-likeness (QED) is 0.594. The van der Waals surface area contributed by atoms with Crippen molar-refractivity contribution in [3.63, 3.8) is 0 Å².